The van der Waals surface area contributed by atoms with Gasteiger partial charge in [-0.15, -0.1) is 0 Å². The smallest absolute Gasteiger partial charge is 0.251 e. The highest BCUT2D eigenvalue weighted by molar-refractivity contribution is 5.94. The fourth-order valence-corrected chi connectivity index (χ4v) is 2.99. The van der Waals surface area contributed by atoms with Gasteiger partial charge < -0.3 is 9.80 Å². The summed E-state index contributed by atoms with van der Waals surface area (Å²) in [5.41, 5.74) is 3.86. The number of ketones is 1. The Morgan fingerprint density at radius 1 is 0.857 bits per heavy atom. The highest BCUT2D eigenvalue weighted by atomic mass is 16.1. The van der Waals surface area contributed by atoms with E-state index in [9.17, 15) is 9.59 Å². The van der Waals surface area contributed by atoms with Gasteiger partial charge >= 0.3 is 0 Å². The standard InChI is InChI=1S/C24H32N2O2/c1-19-8-14-22(15-9-19)24(28)25-18-21-12-10-20(11-13-21)17-23(27)7-5-6-16-26(2,3)4/h8-15H,5-7,16-18H2,1-4H3/p+1. The molecule has 0 aliphatic carbocycles. The lowest BCUT2D eigenvalue weighted by atomic mass is 10.0. The van der Waals surface area contributed by atoms with Crippen LogP contribution in [-0.4, -0.2) is 43.9 Å². The highest BCUT2D eigenvalue weighted by Crippen LogP contribution is 2.09. The van der Waals surface area contributed by atoms with Crippen LogP contribution in [0.3, 0.4) is 0 Å². The number of rotatable bonds is 10. The van der Waals surface area contributed by atoms with Gasteiger partial charge in [0, 0.05) is 24.9 Å². The van der Waals surface area contributed by atoms with Crippen molar-refractivity contribution >= 4 is 11.7 Å². The Morgan fingerprint density at radius 3 is 2.07 bits per heavy atom. The minimum atomic E-state index is -0.0758. The second-order valence-electron chi connectivity index (χ2n) is 8.55. The number of quaternary nitrogens is 1. The van der Waals surface area contributed by atoms with E-state index in [0.29, 0.717) is 30.7 Å². The SMILES string of the molecule is Cc1ccc(C(=O)NCc2ccc(CC(=O)CCCC[N+](C)(C)C)cc2)cc1. The summed E-state index contributed by atoms with van der Waals surface area (Å²) in [5, 5.41) is 2.93. The Hall–Kier alpha value is -2.46. The van der Waals surface area contributed by atoms with E-state index < -0.39 is 0 Å². The summed E-state index contributed by atoms with van der Waals surface area (Å²) in [6.45, 7) is 3.57. The zero-order chi connectivity index (χ0) is 20.6. The molecular weight excluding hydrogens is 348 g/mol. The van der Waals surface area contributed by atoms with Crippen LogP contribution >= 0.6 is 0 Å². The average molecular weight is 382 g/mol. The molecule has 0 aliphatic rings. The molecular formula is C24H33N2O2+. The molecule has 2 aromatic carbocycles. The van der Waals surface area contributed by atoms with Crippen molar-refractivity contribution in [3.8, 4) is 0 Å². The van der Waals surface area contributed by atoms with Crippen molar-refractivity contribution in [1.82, 2.24) is 5.32 Å². The Kier molecular flexibility index (Phi) is 7.94. The molecule has 1 amide bonds. The summed E-state index contributed by atoms with van der Waals surface area (Å²) in [7, 11) is 6.52. The number of unbranched alkanes of at least 4 members (excludes halogenated alkanes) is 1. The minimum absolute atomic E-state index is 0.0758. The number of benzene rings is 2. The first-order valence-electron chi connectivity index (χ1n) is 9.98. The molecule has 4 heteroatoms. The molecule has 150 valence electrons. The summed E-state index contributed by atoms with van der Waals surface area (Å²) in [6, 6.07) is 15.5. The molecule has 0 saturated heterocycles. The number of hydrogen-bond acceptors (Lipinski definition) is 2. The molecule has 0 bridgehead atoms. The molecule has 0 aromatic heterocycles. The van der Waals surface area contributed by atoms with Gasteiger partial charge in [-0.2, -0.15) is 0 Å². The van der Waals surface area contributed by atoms with Gasteiger partial charge in [-0.25, -0.2) is 0 Å². The molecule has 0 saturated carbocycles. The zero-order valence-corrected chi connectivity index (χ0v) is 17.6. The zero-order valence-electron chi connectivity index (χ0n) is 17.6. The highest BCUT2D eigenvalue weighted by Gasteiger charge is 2.09. The maximum atomic E-state index is 12.2. The molecule has 1 N–H and O–H groups in total. The summed E-state index contributed by atoms with van der Waals surface area (Å²) in [4.78, 5) is 24.3. The Bertz CT molecular complexity index is 772. The number of carbonyl (C=O) groups excluding carboxylic acids is 2. The number of carbonyl (C=O) groups is 2. The van der Waals surface area contributed by atoms with Gasteiger partial charge in [0.25, 0.3) is 5.91 Å². The topological polar surface area (TPSA) is 46.2 Å². The van der Waals surface area contributed by atoms with Gasteiger partial charge in [0.05, 0.1) is 27.7 Å². The number of nitrogens with zero attached hydrogens (tertiary/aromatic N) is 1. The predicted octanol–water partition coefficient (Wildman–Crippen LogP) is 3.91. The van der Waals surface area contributed by atoms with Crippen LogP contribution in [0.4, 0.5) is 0 Å². The van der Waals surface area contributed by atoms with Gasteiger partial charge in [-0.05, 0) is 43.0 Å². The van der Waals surface area contributed by atoms with Crippen molar-refractivity contribution in [3.05, 3.63) is 70.8 Å². The molecule has 0 spiro atoms. The second kappa shape index (κ2) is 10.2. The van der Waals surface area contributed by atoms with E-state index in [0.717, 1.165) is 40.6 Å². The first-order chi connectivity index (χ1) is 13.2. The predicted molar refractivity (Wildman–Crippen MR) is 114 cm³/mol. The van der Waals surface area contributed by atoms with Crippen LogP contribution in [0.1, 0.15) is 46.3 Å². The maximum Gasteiger partial charge on any atom is 0.251 e. The Balaban J connectivity index is 1.74. The maximum absolute atomic E-state index is 12.2. The van der Waals surface area contributed by atoms with Crippen molar-refractivity contribution in [2.24, 2.45) is 0 Å². The van der Waals surface area contributed by atoms with E-state index in [2.05, 4.69) is 26.5 Å². The molecule has 4 nitrogen and oxygen atoms in total. The monoisotopic (exact) mass is 381 g/mol. The van der Waals surface area contributed by atoms with Crippen LogP contribution in [0.15, 0.2) is 48.5 Å². The number of aryl methyl sites for hydroxylation is 1. The number of Topliss-reactive ketones (excluding diaryl/α,β-unsaturated/α-hetero) is 1. The Morgan fingerprint density at radius 2 is 1.46 bits per heavy atom. The molecule has 0 radical (unpaired) electrons. The largest absolute Gasteiger partial charge is 0.348 e. The van der Waals surface area contributed by atoms with Gasteiger partial charge in [-0.3, -0.25) is 9.59 Å². The molecule has 0 atom stereocenters. The first-order valence-corrected chi connectivity index (χ1v) is 9.98. The lowest BCUT2D eigenvalue weighted by Gasteiger charge is -2.23. The van der Waals surface area contributed by atoms with Crippen LogP contribution in [-0.2, 0) is 17.8 Å². The van der Waals surface area contributed by atoms with Crippen molar-refractivity contribution < 1.29 is 14.1 Å². The van der Waals surface area contributed by atoms with Gasteiger partial charge in [0.1, 0.15) is 5.78 Å². The molecule has 28 heavy (non-hydrogen) atoms. The summed E-state index contributed by atoms with van der Waals surface area (Å²) in [5.74, 6) is 0.218. The van der Waals surface area contributed by atoms with Crippen molar-refractivity contribution in [1.29, 1.82) is 0 Å². The van der Waals surface area contributed by atoms with Crippen LogP contribution < -0.4 is 5.32 Å². The third-order valence-electron chi connectivity index (χ3n) is 4.73. The number of hydrogen-bond donors (Lipinski definition) is 1. The molecule has 0 aliphatic heterocycles. The quantitative estimate of drug-likeness (QED) is 0.501. The van der Waals surface area contributed by atoms with E-state index in [1.807, 2.05) is 55.5 Å². The molecule has 2 aromatic rings. The molecule has 0 unspecified atom stereocenters. The fourth-order valence-electron chi connectivity index (χ4n) is 2.99. The number of amides is 1. The van der Waals surface area contributed by atoms with E-state index >= 15 is 0 Å². The average Bonchev–Trinajstić information content (AvgIpc) is 2.64. The van der Waals surface area contributed by atoms with Gasteiger partial charge in [-0.1, -0.05) is 42.0 Å². The summed E-state index contributed by atoms with van der Waals surface area (Å²) in [6.07, 6.45) is 3.17. The summed E-state index contributed by atoms with van der Waals surface area (Å²) >= 11 is 0. The van der Waals surface area contributed by atoms with E-state index in [4.69, 9.17) is 0 Å². The third-order valence-corrected chi connectivity index (χ3v) is 4.73. The van der Waals surface area contributed by atoms with E-state index in [1.54, 1.807) is 0 Å². The fraction of sp³-hybridized carbons (Fsp3) is 0.417. The van der Waals surface area contributed by atoms with Gasteiger partial charge in [0.15, 0.2) is 0 Å². The lowest BCUT2D eigenvalue weighted by molar-refractivity contribution is -0.870. The third kappa shape index (κ3) is 8.05. The van der Waals surface area contributed by atoms with Crippen molar-refractivity contribution in [3.63, 3.8) is 0 Å². The van der Waals surface area contributed by atoms with Crippen LogP contribution in [0.25, 0.3) is 0 Å². The van der Waals surface area contributed by atoms with Gasteiger partial charge in [0.2, 0.25) is 0 Å². The molecule has 2 rings (SSSR count). The van der Waals surface area contributed by atoms with E-state index in [1.165, 1.54) is 0 Å². The normalized spacial score (nSPS) is 11.3. The van der Waals surface area contributed by atoms with Crippen LogP contribution in [0.2, 0.25) is 0 Å². The molecule has 0 fully saturated rings. The van der Waals surface area contributed by atoms with Crippen molar-refractivity contribution in [2.45, 2.75) is 39.2 Å². The number of nitrogens with one attached hydrogen (secondary N) is 1. The summed E-state index contributed by atoms with van der Waals surface area (Å²) < 4.78 is 0.941. The lowest BCUT2D eigenvalue weighted by Crippen LogP contribution is -2.35. The van der Waals surface area contributed by atoms with Crippen molar-refractivity contribution in [2.75, 3.05) is 27.7 Å². The van der Waals surface area contributed by atoms with Crippen LogP contribution in [0.5, 0.6) is 0 Å². The minimum Gasteiger partial charge on any atom is -0.348 e. The Labute approximate surface area is 169 Å². The first kappa shape index (κ1) is 21.8. The molecule has 0 heterocycles. The second-order valence-corrected chi connectivity index (χ2v) is 8.55. The van der Waals surface area contributed by atoms with Crippen LogP contribution in [0, 0.1) is 6.92 Å². The van der Waals surface area contributed by atoms with E-state index in [-0.39, 0.29) is 5.91 Å².